The van der Waals surface area contributed by atoms with Gasteiger partial charge < -0.3 is 15.2 Å². The average molecular weight is 375 g/mol. The monoisotopic (exact) mass is 375 g/mol. The van der Waals surface area contributed by atoms with Gasteiger partial charge in [-0.2, -0.15) is 0 Å². The van der Waals surface area contributed by atoms with E-state index in [0.29, 0.717) is 11.3 Å². The maximum atomic E-state index is 12.5. The van der Waals surface area contributed by atoms with Gasteiger partial charge in [0.2, 0.25) is 0 Å². The number of rotatable bonds is 6. The summed E-state index contributed by atoms with van der Waals surface area (Å²) < 4.78 is 5.86. The third-order valence-corrected chi connectivity index (χ3v) is 4.09. The van der Waals surface area contributed by atoms with E-state index in [4.69, 9.17) is 4.74 Å². The summed E-state index contributed by atoms with van der Waals surface area (Å²) in [6.07, 6.45) is -0.00306. The Morgan fingerprint density at radius 2 is 1.61 bits per heavy atom. The molecule has 0 heterocycles. The molecule has 0 fully saturated rings. The van der Waals surface area contributed by atoms with E-state index in [9.17, 15) is 14.7 Å². The quantitative estimate of drug-likeness (QED) is 0.629. The first kappa shape index (κ1) is 19.2. The zero-order chi connectivity index (χ0) is 20.1. The van der Waals surface area contributed by atoms with E-state index < -0.39 is 5.97 Å². The molecule has 0 aromatic heterocycles. The summed E-state index contributed by atoms with van der Waals surface area (Å²) in [7, 11) is 0. The first-order valence-electron chi connectivity index (χ1n) is 8.95. The number of benzene rings is 3. The summed E-state index contributed by atoms with van der Waals surface area (Å²) in [5.74, 6) is -0.783. The highest BCUT2D eigenvalue weighted by Gasteiger charge is 2.16. The fourth-order valence-corrected chi connectivity index (χ4v) is 2.85. The molecule has 0 saturated carbocycles. The smallest absolute Gasteiger partial charge is 0.337 e. The molecule has 0 aliphatic rings. The molecular weight excluding hydrogens is 354 g/mol. The van der Waals surface area contributed by atoms with E-state index in [1.807, 2.05) is 44.2 Å². The summed E-state index contributed by atoms with van der Waals surface area (Å²) in [4.78, 5) is 24.1. The average Bonchev–Trinajstić information content (AvgIpc) is 2.68. The molecule has 0 aliphatic carbocycles. The molecule has 28 heavy (non-hydrogen) atoms. The summed E-state index contributed by atoms with van der Waals surface area (Å²) in [6, 6.07) is 21.1. The van der Waals surface area contributed by atoms with Crippen LogP contribution in [0.25, 0.3) is 11.1 Å². The van der Waals surface area contributed by atoms with E-state index >= 15 is 0 Å². The number of anilines is 1. The van der Waals surface area contributed by atoms with Crippen LogP contribution in [0.15, 0.2) is 72.8 Å². The molecule has 0 atom stereocenters. The molecule has 0 spiro atoms. The Hall–Kier alpha value is -3.60. The van der Waals surface area contributed by atoms with Crippen molar-refractivity contribution in [3.8, 4) is 16.9 Å². The number of hydrogen-bond donors (Lipinski definition) is 2. The Morgan fingerprint density at radius 3 is 2.29 bits per heavy atom. The van der Waals surface area contributed by atoms with Crippen LogP contribution < -0.4 is 10.1 Å². The summed E-state index contributed by atoms with van der Waals surface area (Å²) in [5.41, 5.74) is 2.29. The Labute approximate surface area is 163 Å². The van der Waals surface area contributed by atoms with Crippen LogP contribution in [-0.2, 0) is 0 Å². The van der Waals surface area contributed by atoms with E-state index in [0.717, 1.165) is 11.1 Å². The SMILES string of the molecule is CC(C)Oc1ccccc1-c1ccc(C(=O)O)c(NC(=O)c2ccccc2)c1. The molecule has 5 nitrogen and oxygen atoms in total. The van der Waals surface area contributed by atoms with E-state index in [1.165, 1.54) is 6.07 Å². The van der Waals surface area contributed by atoms with Gasteiger partial charge in [-0.1, -0.05) is 42.5 Å². The number of para-hydroxylation sites is 1. The maximum absolute atomic E-state index is 12.5. The number of carbonyl (C=O) groups is 2. The lowest BCUT2D eigenvalue weighted by atomic mass is 10.0. The lowest BCUT2D eigenvalue weighted by molar-refractivity contribution is 0.0698. The standard InChI is InChI=1S/C23H21NO4/c1-15(2)28-21-11-7-6-10-18(21)17-12-13-19(23(26)27)20(14-17)24-22(25)16-8-4-3-5-9-16/h3-15H,1-2H3,(H,24,25)(H,26,27). The summed E-state index contributed by atoms with van der Waals surface area (Å²) in [5, 5.41) is 12.2. The van der Waals surface area contributed by atoms with Gasteiger partial charge in [0.25, 0.3) is 5.91 Å². The zero-order valence-corrected chi connectivity index (χ0v) is 15.7. The van der Waals surface area contributed by atoms with Crippen LogP contribution >= 0.6 is 0 Å². The number of carboxylic acids is 1. The lowest BCUT2D eigenvalue weighted by Crippen LogP contribution is -2.15. The number of ether oxygens (including phenoxy) is 1. The van der Waals surface area contributed by atoms with E-state index in [1.54, 1.807) is 36.4 Å². The van der Waals surface area contributed by atoms with Crippen LogP contribution in [0.5, 0.6) is 5.75 Å². The number of nitrogens with one attached hydrogen (secondary N) is 1. The van der Waals surface area contributed by atoms with Crippen molar-refractivity contribution in [3.05, 3.63) is 83.9 Å². The van der Waals surface area contributed by atoms with Gasteiger partial charge in [0.1, 0.15) is 5.75 Å². The minimum absolute atomic E-state index is 0.00306. The Bertz CT molecular complexity index is 996. The normalized spacial score (nSPS) is 10.5. The van der Waals surface area contributed by atoms with Gasteiger partial charge in [0, 0.05) is 11.1 Å². The van der Waals surface area contributed by atoms with Crippen molar-refractivity contribution in [2.45, 2.75) is 20.0 Å². The van der Waals surface area contributed by atoms with Gasteiger partial charge >= 0.3 is 5.97 Å². The van der Waals surface area contributed by atoms with Gasteiger partial charge in [-0.25, -0.2) is 4.79 Å². The highest BCUT2D eigenvalue weighted by molar-refractivity contribution is 6.08. The fraction of sp³-hybridized carbons (Fsp3) is 0.130. The highest BCUT2D eigenvalue weighted by Crippen LogP contribution is 2.33. The third-order valence-electron chi connectivity index (χ3n) is 4.09. The lowest BCUT2D eigenvalue weighted by Gasteiger charge is -2.16. The molecule has 3 rings (SSSR count). The minimum atomic E-state index is -1.11. The molecule has 3 aromatic rings. The van der Waals surface area contributed by atoms with E-state index in [-0.39, 0.29) is 23.3 Å². The van der Waals surface area contributed by atoms with Gasteiger partial charge in [0.15, 0.2) is 0 Å². The highest BCUT2D eigenvalue weighted by atomic mass is 16.5. The number of carbonyl (C=O) groups excluding carboxylic acids is 1. The number of carboxylic acid groups (broad SMARTS) is 1. The predicted octanol–water partition coefficient (Wildman–Crippen LogP) is 5.09. The van der Waals surface area contributed by atoms with Gasteiger partial charge in [-0.15, -0.1) is 0 Å². The van der Waals surface area contributed by atoms with Crippen LogP contribution in [0.3, 0.4) is 0 Å². The largest absolute Gasteiger partial charge is 0.490 e. The van der Waals surface area contributed by atoms with Gasteiger partial charge in [-0.05, 0) is 49.7 Å². The van der Waals surface area contributed by atoms with Crippen LogP contribution in [0, 0.1) is 0 Å². The van der Waals surface area contributed by atoms with Crippen molar-refractivity contribution in [2.75, 3.05) is 5.32 Å². The zero-order valence-electron chi connectivity index (χ0n) is 15.7. The van der Waals surface area contributed by atoms with Crippen LogP contribution in [0.4, 0.5) is 5.69 Å². The van der Waals surface area contributed by atoms with E-state index in [2.05, 4.69) is 5.32 Å². The molecule has 3 aromatic carbocycles. The first-order chi connectivity index (χ1) is 13.5. The van der Waals surface area contributed by atoms with Crippen LogP contribution in [0.2, 0.25) is 0 Å². The summed E-state index contributed by atoms with van der Waals surface area (Å²) >= 11 is 0. The van der Waals surface area contributed by atoms with Crippen molar-refractivity contribution >= 4 is 17.6 Å². The molecular formula is C23H21NO4. The number of amides is 1. The van der Waals surface area contributed by atoms with Crippen LogP contribution in [0.1, 0.15) is 34.6 Å². The number of aromatic carboxylic acids is 1. The van der Waals surface area contributed by atoms with Gasteiger partial charge in [-0.3, -0.25) is 4.79 Å². The molecule has 0 radical (unpaired) electrons. The third kappa shape index (κ3) is 4.38. The maximum Gasteiger partial charge on any atom is 0.337 e. The first-order valence-corrected chi connectivity index (χ1v) is 8.95. The molecule has 0 aliphatic heterocycles. The number of hydrogen-bond acceptors (Lipinski definition) is 3. The van der Waals surface area contributed by atoms with Crippen molar-refractivity contribution in [3.63, 3.8) is 0 Å². The molecule has 0 unspecified atom stereocenters. The van der Waals surface area contributed by atoms with Gasteiger partial charge in [0.05, 0.1) is 17.4 Å². The van der Waals surface area contributed by atoms with Crippen molar-refractivity contribution in [1.82, 2.24) is 0 Å². The molecule has 2 N–H and O–H groups in total. The van der Waals surface area contributed by atoms with Crippen molar-refractivity contribution in [2.24, 2.45) is 0 Å². The second-order valence-corrected chi connectivity index (χ2v) is 6.55. The molecule has 0 saturated heterocycles. The van der Waals surface area contributed by atoms with Crippen LogP contribution in [-0.4, -0.2) is 23.1 Å². The minimum Gasteiger partial charge on any atom is -0.490 e. The van der Waals surface area contributed by atoms with Crippen molar-refractivity contribution in [1.29, 1.82) is 0 Å². The second-order valence-electron chi connectivity index (χ2n) is 6.55. The topological polar surface area (TPSA) is 75.6 Å². The molecule has 0 bridgehead atoms. The Balaban J connectivity index is 2.01. The molecule has 5 heteroatoms. The van der Waals surface area contributed by atoms with Crippen molar-refractivity contribution < 1.29 is 19.4 Å². The fourth-order valence-electron chi connectivity index (χ4n) is 2.85. The predicted molar refractivity (Wildman–Crippen MR) is 109 cm³/mol. The molecule has 142 valence electrons. The Kier molecular flexibility index (Phi) is 5.75. The summed E-state index contributed by atoms with van der Waals surface area (Å²) in [6.45, 7) is 3.88. The molecule has 1 amide bonds. The Morgan fingerprint density at radius 1 is 0.929 bits per heavy atom. The second kappa shape index (κ2) is 8.39.